The first-order chi connectivity index (χ1) is 16.7. The second-order valence-corrected chi connectivity index (χ2v) is 9.47. The van der Waals surface area contributed by atoms with E-state index < -0.39 is 24.3 Å². The van der Waals surface area contributed by atoms with Crippen molar-refractivity contribution < 1.29 is 18.0 Å². The number of alkyl halides is 2. The lowest BCUT2D eigenvalue weighted by Crippen LogP contribution is -2.30. The zero-order valence-corrected chi connectivity index (χ0v) is 19.1. The average molecular weight is 480 g/mol. The number of carbonyl (C=O) groups is 1. The predicted molar refractivity (Wildman–Crippen MR) is 126 cm³/mol. The lowest BCUT2D eigenvalue weighted by Gasteiger charge is -2.28. The zero-order chi connectivity index (χ0) is 24.5. The highest BCUT2D eigenvalue weighted by Gasteiger charge is 2.45. The molecular weight excluding hydrogens is 457 g/mol. The predicted octanol–water partition coefficient (Wildman–Crippen LogP) is 5.14. The fourth-order valence-corrected chi connectivity index (χ4v) is 5.13. The van der Waals surface area contributed by atoms with Gasteiger partial charge in [0, 0.05) is 41.2 Å². The van der Waals surface area contributed by atoms with Gasteiger partial charge in [-0.1, -0.05) is 19.9 Å². The molecule has 180 valence electrons. The number of imidazole rings is 1. The smallest absolute Gasteiger partial charge is 0.280 e. The van der Waals surface area contributed by atoms with E-state index in [1.165, 1.54) is 15.9 Å². The van der Waals surface area contributed by atoms with Crippen LogP contribution in [0.1, 0.15) is 59.5 Å². The van der Waals surface area contributed by atoms with E-state index in [2.05, 4.69) is 20.2 Å². The van der Waals surface area contributed by atoms with Crippen LogP contribution in [0.5, 0.6) is 0 Å². The Morgan fingerprint density at radius 3 is 2.66 bits per heavy atom. The summed E-state index contributed by atoms with van der Waals surface area (Å²) in [6.45, 7) is 3.67. The van der Waals surface area contributed by atoms with Gasteiger partial charge in [-0.15, -0.1) is 0 Å². The molecule has 2 aromatic carbocycles. The summed E-state index contributed by atoms with van der Waals surface area (Å²) in [5.41, 5.74) is 4.37. The molecule has 1 atom stereocenters. The van der Waals surface area contributed by atoms with Crippen LogP contribution in [0.3, 0.4) is 0 Å². The highest BCUT2D eigenvalue weighted by molar-refractivity contribution is 6.11. The number of fused-ring (bicyclic) bond motifs is 2. The van der Waals surface area contributed by atoms with E-state index in [0.717, 1.165) is 11.2 Å². The SMILES string of the molecule is CC(C)c1[nH]nc2c1C(c1ccc(N3CCC(F)(F)C3)cc1F)N(c1ccc3[nH]cnc3c1)C2=O. The molecule has 0 aliphatic carbocycles. The molecule has 6 rings (SSSR count). The summed E-state index contributed by atoms with van der Waals surface area (Å²) >= 11 is 0. The molecule has 7 nitrogen and oxygen atoms in total. The summed E-state index contributed by atoms with van der Waals surface area (Å²) < 4.78 is 43.2. The number of hydrogen-bond donors (Lipinski definition) is 2. The number of carbonyl (C=O) groups excluding carboxylic acids is 1. The van der Waals surface area contributed by atoms with Crippen molar-refractivity contribution in [2.24, 2.45) is 0 Å². The van der Waals surface area contributed by atoms with Gasteiger partial charge >= 0.3 is 0 Å². The molecule has 2 N–H and O–H groups in total. The first-order valence-corrected chi connectivity index (χ1v) is 11.5. The fraction of sp³-hybridized carbons (Fsp3) is 0.320. The number of hydrogen-bond acceptors (Lipinski definition) is 4. The standard InChI is InChI=1S/C25H23F3N6O/c1-13(2)21-20-22(32-31-21)24(35)34(15-4-6-18-19(10-15)30-12-29-18)23(20)16-5-3-14(9-17(16)26)33-8-7-25(27,28)11-33/h3-6,9-10,12-13,23H,7-8,11H2,1-2H3,(H,29,30)(H,31,32). The minimum Gasteiger partial charge on any atom is -0.365 e. The van der Waals surface area contributed by atoms with Gasteiger partial charge in [-0.25, -0.2) is 18.2 Å². The van der Waals surface area contributed by atoms with E-state index in [4.69, 9.17) is 0 Å². The van der Waals surface area contributed by atoms with Crippen molar-refractivity contribution >= 4 is 28.3 Å². The van der Waals surface area contributed by atoms with Gasteiger partial charge < -0.3 is 9.88 Å². The molecule has 2 aromatic heterocycles. The molecule has 0 spiro atoms. The number of H-pyrrole nitrogens is 2. The maximum Gasteiger partial charge on any atom is 0.280 e. The van der Waals surface area contributed by atoms with Crippen LogP contribution in [-0.4, -0.2) is 45.1 Å². The monoisotopic (exact) mass is 480 g/mol. The van der Waals surface area contributed by atoms with Crippen LogP contribution < -0.4 is 9.80 Å². The molecular formula is C25H23F3N6O. The third-order valence-electron chi connectivity index (χ3n) is 6.86. The molecule has 1 unspecified atom stereocenters. The second kappa shape index (κ2) is 7.59. The minimum absolute atomic E-state index is 0.0180. The van der Waals surface area contributed by atoms with E-state index >= 15 is 4.39 Å². The Bertz CT molecular complexity index is 1460. The van der Waals surface area contributed by atoms with Gasteiger partial charge in [0.05, 0.1) is 29.9 Å². The quantitative estimate of drug-likeness (QED) is 0.424. The number of benzene rings is 2. The molecule has 35 heavy (non-hydrogen) atoms. The van der Waals surface area contributed by atoms with Crippen molar-refractivity contribution in [2.45, 2.75) is 38.2 Å². The molecule has 0 radical (unpaired) electrons. The lowest BCUT2D eigenvalue weighted by atomic mass is 9.94. The summed E-state index contributed by atoms with van der Waals surface area (Å²) in [4.78, 5) is 23.9. The van der Waals surface area contributed by atoms with E-state index in [1.54, 1.807) is 30.6 Å². The summed E-state index contributed by atoms with van der Waals surface area (Å²) in [6.07, 6.45) is 1.31. The summed E-state index contributed by atoms with van der Waals surface area (Å²) in [6, 6.07) is 9.13. The van der Waals surface area contributed by atoms with E-state index in [0.29, 0.717) is 22.5 Å². The van der Waals surface area contributed by atoms with Crippen molar-refractivity contribution in [2.75, 3.05) is 22.9 Å². The Labute approximate surface area is 199 Å². The fourth-order valence-electron chi connectivity index (χ4n) is 5.13. The number of amides is 1. The van der Waals surface area contributed by atoms with Crippen molar-refractivity contribution in [1.29, 1.82) is 0 Å². The van der Waals surface area contributed by atoms with Gasteiger partial charge in [0.2, 0.25) is 0 Å². The maximum absolute atomic E-state index is 15.7. The van der Waals surface area contributed by atoms with E-state index in [1.807, 2.05) is 19.9 Å². The average Bonchev–Trinajstić information content (AvgIpc) is 3.57. The second-order valence-electron chi connectivity index (χ2n) is 9.47. The number of anilines is 2. The van der Waals surface area contributed by atoms with Crippen molar-refractivity contribution in [3.8, 4) is 0 Å². The molecule has 4 aromatic rings. The summed E-state index contributed by atoms with van der Waals surface area (Å²) in [5.74, 6) is -3.67. The van der Waals surface area contributed by atoms with E-state index in [9.17, 15) is 13.6 Å². The van der Waals surface area contributed by atoms with Gasteiger partial charge in [0.15, 0.2) is 5.69 Å². The van der Waals surface area contributed by atoms with Crippen molar-refractivity contribution in [3.63, 3.8) is 0 Å². The van der Waals surface area contributed by atoms with Crippen LogP contribution in [0.15, 0.2) is 42.7 Å². The van der Waals surface area contributed by atoms with Crippen LogP contribution in [0.25, 0.3) is 11.0 Å². The van der Waals surface area contributed by atoms with Crippen molar-refractivity contribution in [1.82, 2.24) is 20.2 Å². The normalized spacial score (nSPS) is 19.4. The van der Waals surface area contributed by atoms with Crippen molar-refractivity contribution in [3.05, 3.63) is 71.1 Å². The minimum atomic E-state index is -2.79. The number of nitrogens with one attached hydrogen (secondary N) is 2. The number of nitrogens with zero attached hydrogens (tertiary/aromatic N) is 4. The van der Waals surface area contributed by atoms with Crippen LogP contribution in [0.4, 0.5) is 24.5 Å². The number of rotatable bonds is 4. The highest BCUT2D eigenvalue weighted by Crippen LogP contribution is 2.45. The Hall–Kier alpha value is -3.82. The van der Waals surface area contributed by atoms with Gasteiger partial charge in [0.25, 0.3) is 11.8 Å². The van der Waals surface area contributed by atoms with Gasteiger partial charge in [-0.2, -0.15) is 5.10 Å². The molecule has 2 aliphatic heterocycles. The Kier molecular flexibility index (Phi) is 4.71. The topological polar surface area (TPSA) is 80.9 Å². The summed E-state index contributed by atoms with van der Waals surface area (Å²) in [7, 11) is 0. The highest BCUT2D eigenvalue weighted by atomic mass is 19.3. The van der Waals surface area contributed by atoms with Gasteiger partial charge in [-0.05, 0) is 36.2 Å². The van der Waals surface area contributed by atoms with Gasteiger partial charge in [0.1, 0.15) is 5.82 Å². The number of aromatic amines is 2. The molecule has 1 fully saturated rings. The number of aromatic nitrogens is 4. The first-order valence-electron chi connectivity index (χ1n) is 11.5. The third-order valence-corrected chi connectivity index (χ3v) is 6.86. The molecule has 4 heterocycles. The van der Waals surface area contributed by atoms with Crippen LogP contribution >= 0.6 is 0 Å². The Balaban J connectivity index is 1.48. The largest absolute Gasteiger partial charge is 0.365 e. The summed E-state index contributed by atoms with van der Waals surface area (Å²) in [5, 5.41) is 7.24. The maximum atomic E-state index is 15.7. The molecule has 1 saturated heterocycles. The van der Waals surface area contributed by atoms with Crippen LogP contribution in [-0.2, 0) is 0 Å². The number of halogens is 3. The Morgan fingerprint density at radius 1 is 1.14 bits per heavy atom. The zero-order valence-electron chi connectivity index (χ0n) is 19.1. The molecule has 0 saturated carbocycles. The molecule has 2 aliphatic rings. The first kappa shape index (κ1) is 21.7. The molecule has 0 bridgehead atoms. The van der Waals surface area contributed by atoms with Crippen LogP contribution in [0.2, 0.25) is 0 Å². The molecule has 10 heteroatoms. The molecule has 1 amide bonds. The lowest BCUT2D eigenvalue weighted by molar-refractivity contribution is 0.0257. The van der Waals surface area contributed by atoms with Gasteiger partial charge in [-0.3, -0.25) is 14.8 Å². The van der Waals surface area contributed by atoms with Crippen LogP contribution in [0, 0.1) is 5.82 Å². The van der Waals surface area contributed by atoms with E-state index in [-0.39, 0.29) is 36.0 Å². The Morgan fingerprint density at radius 2 is 1.94 bits per heavy atom. The third kappa shape index (κ3) is 3.38.